The van der Waals surface area contributed by atoms with Gasteiger partial charge in [0.15, 0.2) is 0 Å². The third-order valence-corrected chi connectivity index (χ3v) is 3.37. The Balaban J connectivity index is 2.68. The van der Waals surface area contributed by atoms with Crippen LogP contribution < -0.4 is 4.72 Å². The van der Waals surface area contributed by atoms with Crippen LogP contribution in [-0.2, 0) is 14.9 Å². The summed E-state index contributed by atoms with van der Waals surface area (Å²) in [5, 5.41) is 18.2. The summed E-state index contributed by atoms with van der Waals surface area (Å²) >= 11 is 0. The van der Waals surface area contributed by atoms with Gasteiger partial charge in [-0.05, 0) is 0 Å². The number of amides is 1. The van der Waals surface area contributed by atoms with Crippen molar-refractivity contribution in [3.63, 3.8) is 0 Å². The van der Waals surface area contributed by atoms with Crippen LogP contribution >= 0.6 is 0 Å². The molecule has 0 aromatic carbocycles. The zero-order chi connectivity index (χ0) is 11.6. The van der Waals surface area contributed by atoms with Crippen LogP contribution in [0, 0.1) is 0 Å². The molecule has 88 valence electrons. The number of aliphatic hydroxyl groups excluding tert-OH is 2. The smallest absolute Gasteiger partial charge is 0.421 e. The largest absolute Gasteiger partial charge is 0.452 e. The molecule has 1 amide bonds. The maximum atomic E-state index is 11.4. The Kier molecular flexibility index (Phi) is 3.50. The molecule has 0 bridgehead atoms. The molecule has 1 rings (SSSR count). The lowest BCUT2D eigenvalue weighted by Crippen LogP contribution is -2.42. The zero-order valence-corrected chi connectivity index (χ0v) is 8.77. The zero-order valence-electron chi connectivity index (χ0n) is 7.95. The van der Waals surface area contributed by atoms with Crippen molar-refractivity contribution in [1.82, 2.24) is 9.03 Å². The lowest BCUT2D eigenvalue weighted by atomic mass is 10.3. The van der Waals surface area contributed by atoms with E-state index in [1.54, 1.807) is 4.72 Å². The molecule has 9 heteroatoms. The van der Waals surface area contributed by atoms with E-state index < -0.39 is 28.5 Å². The first-order valence-electron chi connectivity index (χ1n) is 4.09. The summed E-state index contributed by atoms with van der Waals surface area (Å²) < 4.78 is 29.3. The van der Waals surface area contributed by atoms with Crippen molar-refractivity contribution < 1.29 is 28.2 Å². The highest BCUT2D eigenvalue weighted by atomic mass is 32.2. The van der Waals surface area contributed by atoms with Gasteiger partial charge in [-0.1, -0.05) is 0 Å². The third kappa shape index (κ3) is 2.78. The van der Waals surface area contributed by atoms with E-state index in [-0.39, 0.29) is 13.1 Å². The van der Waals surface area contributed by atoms with Crippen molar-refractivity contribution in [1.29, 1.82) is 0 Å². The molecule has 15 heavy (non-hydrogen) atoms. The molecule has 0 aliphatic carbocycles. The summed E-state index contributed by atoms with van der Waals surface area (Å²) in [4.78, 5) is 10.7. The summed E-state index contributed by atoms with van der Waals surface area (Å²) in [7, 11) is -3.02. The van der Waals surface area contributed by atoms with Gasteiger partial charge in [0, 0.05) is 13.1 Å². The van der Waals surface area contributed by atoms with Crippen molar-refractivity contribution in [2.45, 2.75) is 12.2 Å². The molecule has 3 N–H and O–H groups in total. The Hall–Kier alpha value is -0.900. The normalized spacial score (nSPS) is 27.7. The van der Waals surface area contributed by atoms with Gasteiger partial charge in [-0.15, -0.1) is 0 Å². The van der Waals surface area contributed by atoms with E-state index in [0.717, 1.165) is 11.4 Å². The second kappa shape index (κ2) is 4.31. The van der Waals surface area contributed by atoms with E-state index in [0.29, 0.717) is 0 Å². The number of β-amino-alcohol motifs (C(OH)–C–C–N with tert-alkyl or cyclic N) is 2. The van der Waals surface area contributed by atoms with Crippen LogP contribution in [0.3, 0.4) is 0 Å². The lowest BCUT2D eigenvalue weighted by Gasteiger charge is -2.14. The maximum Gasteiger partial charge on any atom is 0.421 e. The second-order valence-corrected chi connectivity index (χ2v) is 4.72. The number of aliphatic hydroxyl groups is 2. The van der Waals surface area contributed by atoms with Crippen molar-refractivity contribution in [3.8, 4) is 0 Å². The summed E-state index contributed by atoms with van der Waals surface area (Å²) in [6, 6.07) is 0. The first kappa shape index (κ1) is 12.2. The van der Waals surface area contributed by atoms with Gasteiger partial charge < -0.3 is 14.9 Å². The highest BCUT2D eigenvalue weighted by molar-refractivity contribution is 7.87. The van der Waals surface area contributed by atoms with Crippen LogP contribution in [0.5, 0.6) is 0 Å². The van der Waals surface area contributed by atoms with E-state index in [1.165, 1.54) is 0 Å². The minimum Gasteiger partial charge on any atom is -0.452 e. The molecular weight excluding hydrogens is 228 g/mol. The fourth-order valence-corrected chi connectivity index (χ4v) is 2.26. The number of nitrogens with one attached hydrogen (secondary N) is 1. The Labute approximate surface area is 86.6 Å². The second-order valence-electron chi connectivity index (χ2n) is 3.05. The molecule has 0 aromatic rings. The van der Waals surface area contributed by atoms with Gasteiger partial charge in [-0.2, -0.15) is 12.7 Å². The first-order valence-corrected chi connectivity index (χ1v) is 5.53. The standard InChI is InChI=1S/C6H12N2O6S/c1-14-6(11)7-15(12,13)8-2-4(9)5(10)3-8/h4-5,9-10H,2-3H2,1H3,(H,7,11)/t4-,5+. The van der Waals surface area contributed by atoms with Crippen LogP contribution in [0.15, 0.2) is 0 Å². The van der Waals surface area contributed by atoms with Crippen LogP contribution in [0.4, 0.5) is 4.79 Å². The van der Waals surface area contributed by atoms with Gasteiger partial charge in [-0.3, -0.25) is 0 Å². The summed E-state index contributed by atoms with van der Waals surface area (Å²) in [6.07, 6.45) is -3.40. The number of nitrogens with zero attached hydrogens (tertiary/aromatic N) is 1. The molecule has 2 atom stereocenters. The number of carbonyl (C=O) groups is 1. The van der Waals surface area contributed by atoms with Crippen molar-refractivity contribution >= 4 is 16.3 Å². The molecule has 0 saturated carbocycles. The van der Waals surface area contributed by atoms with Gasteiger partial charge in [0.05, 0.1) is 19.3 Å². The van der Waals surface area contributed by atoms with Crippen LogP contribution in [-0.4, -0.2) is 61.4 Å². The molecule has 0 unspecified atom stereocenters. The number of ether oxygens (including phenoxy) is 1. The van der Waals surface area contributed by atoms with Gasteiger partial charge in [-0.25, -0.2) is 9.52 Å². The molecule has 1 fully saturated rings. The Morgan fingerprint density at radius 1 is 1.40 bits per heavy atom. The molecule has 0 spiro atoms. The Bertz CT molecular complexity index is 332. The number of rotatable bonds is 2. The molecule has 1 aliphatic heterocycles. The fraction of sp³-hybridized carbons (Fsp3) is 0.833. The summed E-state index contributed by atoms with van der Waals surface area (Å²) in [5.41, 5.74) is 0. The molecule has 1 saturated heterocycles. The van der Waals surface area contributed by atoms with E-state index in [4.69, 9.17) is 10.2 Å². The van der Waals surface area contributed by atoms with Crippen LogP contribution in [0.25, 0.3) is 0 Å². The Morgan fingerprint density at radius 2 is 1.87 bits per heavy atom. The average molecular weight is 240 g/mol. The molecule has 0 radical (unpaired) electrons. The van der Waals surface area contributed by atoms with E-state index in [1.807, 2.05) is 0 Å². The predicted molar refractivity (Wildman–Crippen MR) is 48.0 cm³/mol. The monoisotopic (exact) mass is 240 g/mol. The van der Waals surface area contributed by atoms with Gasteiger partial charge >= 0.3 is 16.3 Å². The molecular formula is C6H12N2O6S. The van der Waals surface area contributed by atoms with Gasteiger partial charge in [0.1, 0.15) is 0 Å². The topological polar surface area (TPSA) is 116 Å². The van der Waals surface area contributed by atoms with Gasteiger partial charge in [0.25, 0.3) is 0 Å². The number of carbonyl (C=O) groups excluding carboxylic acids is 1. The molecule has 1 aliphatic rings. The molecule has 0 aromatic heterocycles. The van der Waals surface area contributed by atoms with E-state index in [9.17, 15) is 13.2 Å². The number of methoxy groups -OCH3 is 1. The van der Waals surface area contributed by atoms with Crippen molar-refractivity contribution in [2.75, 3.05) is 20.2 Å². The quantitative estimate of drug-likeness (QED) is 0.496. The maximum absolute atomic E-state index is 11.4. The minimum absolute atomic E-state index is 0.256. The van der Waals surface area contributed by atoms with Crippen molar-refractivity contribution in [2.24, 2.45) is 0 Å². The first-order chi connectivity index (χ1) is 6.86. The van der Waals surface area contributed by atoms with Crippen LogP contribution in [0.1, 0.15) is 0 Å². The van der Waals surface area contributed by atoms with Gasteiger partial charge in [0.2, 0.25) is 0 Å². The van der Waals surface area contributed by atoms with E-state index >= 15 is 0 Å². The summed E-state index contributed by atoms with van der Waals surface area (Å²) in [6.45, 7) is -0.513. The third-order valence-electron chi connectivity index (χ3n) is 1.96. The number of hydrogen-bond donors (Lipinski definition) is 3. The highest BCUT2D eigenvalue weighted by Gasteiger charge is 2.37. The molecule has 8 nitrogen and oxygen atoms in total. The highest BCUT2D eigenvalue weighted by Crippen LogP contribution is 2.13. The fourth-order valence-electron chi connectivity index (χ4n) is 1.14. The lowest BCUT2D eigenvalue weighted by molar-refractivity contribution is 0.0572. The predicted octanol–water partition coefficient (Wildman–Crippen LogP) is -2.38. The molecule has 1 heterocycles. The number of hydrogen-bond acceptors (Lipinski definition) is 6. The van der Waals surface area contributed by atoms with Crippen molar-refractivity contribution in [3.05, 3.63) is 0 Å². The minimum atomic E-state index is -4.05. The van der Waals surface area contributed by atoms with E-state index in [2.05, 4.69) is 4.74 Å². The Morgan fingerprint density at radius 3 is 2.27 bits per heavy atom. The van der Waals surface area contributed by atoms with Crippen LogP contribution in [0.2, 0.25) is 0 Å². The average Bonchev–Trinajstić information content (AvgIpc) is 2.47. The SMILES string of the molecule is COC(=O)NS(=O)(=O)N1C[C@@H](O)[C@@H](O)C1. The summed E-state index contributed by atoms with van der Waals surface area (Å²) in [5.74, 6) is 0.